The summed E-state index contributed by atoms with van der Waals surface area (Å²) in [7, 11) is 4.02. The van der Waals surface area contributed by atoms with Crippen molar-refractivity contribution in [2.24, 2.45) is 0 Å². The summed E-state index contributed by atoms with van der Waals surface area (Å²) in [5, 5.41) is 12.4. The summed E-state index contributed by atoms with van der Waals surface area (Å²) < 4.78 is 0. The molecule has 1 aliphatic rings. The highest BCUT2D eigenvalue weighted by Gasteiger charge is 2.22. The highest BCUT2D eigenvalue weighted by Crippen LogP contribution is 2.28. The van der Waals surface area contributed by atoms with E-state index in [-0.39, 0.29) is 0 Å². The van der Waals surface area contributed by atoms with Gasteiger partial charge in [-0.25, -0.2) is 0 Å². The van der Waals surface area contributed by atoms with Crippen LogP contribution in [0.1, 0.15) is 17.5 Å². The predicted molar refractivity (Wildman–Crippen MR) is 78.1 cm³/mol. The second-order valence-electron chi connectivity index (χ2n) is 4.62. The molecular weight excluding hydrogens is 242 g/mol. The van der Waals surface area contributed by atoms with Gasteiger partial charge in [-0.3, -0.25) is 0 Å². The van der Waals surface area contributed by atoms with Crippen molar-refractivity contribution in [1.29, 1.82) is 5.26 Å². The first kappa shape index (κ1) is 13.3. The van der Waals surface area contributed by atoms with Crippen molar-refractivity contribution >= 4 is 17.4 Å². The molecule has 1 aliphatic heterocycles. The normalized spacial score (nSPS) is 18.6. The van der Waals surface area contributed by atoms with Crippen LogP contribution in [0, 0.1) is 11.3 Å². The quantitative estimate of drug-likeness (QED) is 0.902. The third-order valence-electron chi connectivity index (χ3n) is 3.40. The molecule has 1 N–H and O–H groups in total. The van der Waals surface area contributed by atoms with Crippen LogP contribution in [-0.4, -0.2) is 31.6 Å². The van der Waals surface area contributed by atoms with Gasteiger partial charge in [-0.2, -0.15) is 17.0 Å². The molecule has 3 nitrogen and oxygen atoms in total. The smallest absolute Gasteiger partial charge is 0.101 e. The van der Waals surface area contributed by atoms with Crippen LogP contribution in [0.25, 0.3) is 0 Å². The number of nitrogens with zero attached hydrogens (tertiary/aromatic N) is 2. The lowest BCUT2D eigenvalue weighted by Gasteiger charge is -2.27. The second kappa shape index (κ2) is 6.12. The van der Waals surface area contributed by atoms with Crippen LogP contribution in [0.5, 0.6) is 0 Å². The highest BCUT2D eigenvalue weighted by molar-refractivity contribution is 7.99. The van der Waals surface area contributed by atoms with Crippen LogP contribution < -0.4 is 10.2 Å². The molecule has 0 aromatic heterocycles. The first-order chi connectivity index (χ1) is 8.76. The zero-order valence-electron chi connectivity index (χ0n) is 10.9. The number of rotatable bonds is 4. The minimum atomic E-state index is 0.567. The molecule has 2 rings (SSSR count). The molecule has 0 spiro atoms. The number of hydrogen-bond donors (Lipinski definition) is 1. The number of hydrogen-bond acceptors (Lipinski definition) is 4. The molecule has 1 heterocycles. The van der Waals surface area contributed by atoms with Crippen molar-refractivity contribution in [3.05, 3.63) is 29.3 Å². The first-order valence-electron chi connectivity index (χ1n) is 6.24. The molecule has 4 heteroatoms. The first-order valence-corrected chi connectivity index (χ1v) is 7.40. The number of benzene rings is 1. The number of thioether (sulfide) groups is 1. The van der Waals surface area contributed by atoms with Gasteiger partial charge in [0.2, 0.25) is 0 Å². The maximum atomic E-state index is 9.30. The Kier molecular flexibility index (Phi) is 4.51. The van der Waals surface area contributed by atoms with Gasteiger partial charge in [-0.1, -0.05) is 6.07 Å². The Morgan fingerprint density at radius 1 is 1.56 bits per heavy atom. The molecule has 0 saturated carbocycles. The summed E-state index contributed by atoms with van der Waals surface area (Å²) >= 11 is 2.00. The van der Waals surface area contributed by atoms with Crippen molar-refractivity contribution in [3.63, 3.8) is 0 Å². The molecule has 96 valence electrons. The van der Waals surface area contributed by atoms with Gasteiger partial charge in [-0.05, 0) is 36.9 Å². The van der Waals surface area contributed by atoms with E-state index in [1.54, 1.807) is 0 Å². The molecule has 1 saturated heterocycles. The molecule has 18 heavy (non-hydrogen) atoms. The molecule has 1 atom stereocenters. The monoisotopic (exact) mass is 261 g/mol. The molecule has 1 fully saturated rings. The van der Waals surface area contributed by atoms with Gasteiger partial charge in [0.1, 0.15) is 6.07 Å². The van der Waals surface area contributed by atoms with Gasteiger partial charge in [0.05, 0.1) is 11.3 Å². The fraction of sp³-hybridized carbons (Fsp3) is 0.500. The topological polar surface area (TPSA) is 39.1 Å². The third-order valence-corrected chi connectivity index (χ3v) is 4.54. The third kappa shape index (κ3) is 2.80. The molecule has 0 bridgehead atoms. The van der Waals surface area contributed by atoms with Crippen molar-refractivity contribution in [2.45, 2.75) is 19.0 Å². The SMILES string of the molecule is CNCc1ccc(N(C)C2CCSC2)c(C#N)c1. The van der Waals surface area contributed by atoms with E-state index in [1.807, 2.05) is 24.9 Å². The van der Waals surface area contributed by atoms with E-state index in [1.165, 1.54) is 17.9 Å². The molecule has 1 aromatic carbocycles. The van der Waals surface area contributed by atoms with Crippen molar-refractivity contribution < 1.29 is 0 Å². The van der Waals surface area contributed by atoms with E-state index < -0.39 is 0 Å². The highest BCUT2D eigenvalue weighted by atomic mass is 32.2. The second-order valence-corrected chi connectivity index (χ2v) is 5.77. The van der Waals surface area contributed by atoms with E-state index in [4.69, 9.17) is 0 Å². The Balaban J connectivity index is 2.24. The van der Waals surface area contributed by atoms with Gasteiger partial charge in [0.15, 0.2) is 0 Å². The lowest BCUT2D eigenvalue weighted by Crippen LogP contribution is -2.31. The van der Waals surface area contributed by atoms with E-state index in [0.717, 1.165) is 23.4 Å². The molecule has 0 aliphatic carbocycles. The van der Waals surface area contributed by atoms with E-state index >= 15 is 0 Å². The standard InChI is InChI=1S/C14H19N3S/c1-16-9-11-3-4-14(12(7-11)8-15)17(2)13-5-6-18-10-13/h3-4,7,13,16H,5-6,9-10H2,1-2H3. The Morgan fingerprint density at radius 2 is 2.39 bits per heavy atom. The Labute approximate surface area is 113 Å². The van der Waals surface area contributed by atoms with Gasteiger partial charge in [-0.15, -0.1) is 0 Å². The minimum Gasteiger partial charge on any atom is -0.370 e. The van der Waals surface area contributed by atoms with E-state index in [9.17, 15) is 5.26 Å². The van der Waals surface area contributed by atoms with E-state index in [0.29, 0.717) is 6.04 Å². The lowest BCUT2D eigenvalue weighted by molar-refractivity contribution is 0.699. The zero-order valence-corrected chi connectivity index (χ0v) is 11.8. The van der Waals surface area contributed by atoms with E-state index in [2.05, 4.69) is 35.5 Å². The molecule has 0 amide bonds. The number of nitriles is 1. The summed E-state index contributed by atoms with van der Waals surface area (Å²) in [5.74, 6) is 2.40. The predicted octanol–water partition coefficient (Wildman–Crippen LogP) is 2.22. The number of anilines is 1. The van der Waals surface area contributed by atoms with Gasteiger partial charge >= 0.3 is 0 Å². The molecule has 1 aromatic rings. The van der Waals surface area contributed by atoms with Crippen LogP contribution in [0.4, 0.5) is 5.69 Å². The summed E-state index contributed by atoms with van der Waals surface area (Å²) in [6.07, 6.45) is 1.21. The largest absolute Gasteiger partial charge is 0.370 e. The maximum absolute atomic E-state index is 9.30. The Hall–Kier alpha value is -1.18. The van der Waals surface area contributed by atoms with Gasteiger partial charge in [0, 0.05) is 25.4 Å². The van der Waals surface area contributed by atoms with Crippen molar-refractivity contribution in [1.82, 2.24) is 5.32 Å². The fourth-order valence-corrected chi connectivity index (χ4v) is 3.59. The summed E-state index contributed by atoms with van der Waals surface area (Å²) in [6.45, 7) is 0.804. The summed E-state index contributed by atoms with van der Waals surface area (Å²) in [4.78, 5) is 2.27. The van der Waals surface area contributed by atoms with Crippen LogP contribution in [0.15, 0.2) is 18.2 Å². The fourth-order valence-electron chi connectivity index (χ4n) is 2.32. The average Bonchev–Trinajstić information content (AvgIpc) is 2.92. The average molecular weight is 261 g/mol. The summed E-state index contributed by atoms with van der Waals surface area (Å²) in [6, 6.07) is 9.06. The molecular formula is C14H19N3S. The van der Waals surface area contributed by atoms with Crippen LogP contribution in [-0.2, 0) is 6.54 Å². The van der Waals surface area contributed by atoms with Gasteiger partial charge < -0.3 is 10.2 Å². The van der Waals surface area contributed by atoms with Crippen molar-refractivity contribution in [2.75, 3.05) is 30.5 Å². The van der Waals surface area contributed by atoms with Crippen LogP contribution in [0.2, 0.25) is 0 Å². The maximum Gasteiger partial charge on any atom is 0.101 e. The summed E-state index contributed by atoms with van der Waals surface area (Å²) in [5.41, 5.74) is 3.00. The molecule has 1 unspecified atom stereocenters. The Bertz CT molecular complexity index is 447. The van der Waals surface area contributed by atoms with Gasteiger partial charge in [0.25, 0.3) is 0 Å². The number of nitrogens with one attached hydrogen (secondary N) is 1. The Morgan fingerprint density at radius 3 is 3.00 bits per heavy atom. The zero-order chi connectivity index (χ0) is 13.0. The van der Waals surface area contributed by atoms with Crippen LogP contribution >= 0.6 is 11.8 Å². The molecule has 0 radical (unpaired) electrons. The minimum absolute atomic E-state index is 0.567. The van der Waals surface area contributed by atoms with Crippen molar-refractivity contribution in [3.8, 4) is 6.07 Å². The lowest BCUT2D eigenvalue weighted by atomic mass is 10.1. The van der Waals surface area contributed by atoms with Crippen LogP contribution in [0.3, 0.4) is 0 Å².